The summed E-state index contributed by atoms with van der Waals surface area (Å²) in [6.07, 6.45) is 1.89. The topological polar surface area (TPSA) is 99.1 Å². The largest absolute Gasteiger partial charge is 0.336 e. The normalized spacial score (nSPS) is 11.0. The maximum absolute atomic E-state index is 12.8. The fraction of sp³-hybridized carbons (Fsp3) is 0.350. The highest BCUT2D eigenvalue weighted by Crippen LogP contribution is 2.23. The smallest absolute Gasteiger partial charge is 0.312 e. The van der Waals surface area contributed by atoms with E-state index in [0.29, 0.717) is 30.0 Å². The standard InChI is InChI=1S/C20H23BrN6O3/c1-5-25-11-17(21)18(23-25)12-24(4)20(28)16-8-6-15(7-9-16)10-26-14(3)19(27(29)30)13(2)22-26/h6-9,11H,5,10,12H2,1-4H3. The molecule has 0 atom stereocenters. The van der Waals surface area contributed by atoms with E-state index in [9.17, 15) is 14.9 Å². The number of nitro groups is 1. The monoisotopic (exact) mass is 474 g/mol. The minimum atomic E-state index is -0.409. The van der Waals surface area contributed by atoms with E-state index in [1.165, 1.54) is 0 Å². The predicted octanol–water partition coefficient (Wildman–Crippen LogP) is 3.71. The first-order chi connectivity index (χ1) is 14.2. The van der Waals surface area contributed by atoms with Gasteiger partial charge in [0.25, 0.3) is 5.91 Å². The average Bonchev–Trinajstić information content (AvgIpc) is 3.20. The van der Waals surface area contributed by atoms with Gasteiger partial charge in [-0.15, -0.1) is 0 Å². The van der Waals surface area contributed by atoms with Crippen molar-refractivity contribution in [1.29, 1.82) is 0 Å². The number of hydrogen-bond acceptors (Lipinski definition) is 5. The summed E-state index contributed by atoms with van der Waals surface area (Å²) in [4.78, 5) is 25.1. The second-order valence-electron chi connectivity index (χ2n) is 7.07. The number of benzene rings is 1. The number of carbonyl (C=O) groups is 1. The summed E-state index contributed by atoms with van der Waals surface area (Å²) in [6.45, 7) is 6.86. The molecule has 158 valence electrons. The van der Waals surface area contributed by atoms with Crippen LogP contribution in [0.25, 0.3) is 0 Å². The van der Waals surface area contributed by atoms with E-state index < -0.39 is 4.92 Å². The Morgan fingerprint density at radius 1 is 1.23 bits per heavy atom. The van der Waals surface area contributed by atoms with Gasteiger partial charge >= 0.3 is 5.69 Å². The molecule has 0 aliphatic carbocycles. The highest BCUT2D eigenvalue weighted by atomic mass is 79.9. The molecule has 30 heavy (non-hydrogen) atoms. The zero-order valence-electron chi connectivity index (χ0n) is 17.3. The fourth-order valence-electron chi connectivity index (χ4n) is 3.25. The summed E-state index contributed by atoms with van der Waals surface area (Å²) in [5.41, 5.74) is 3.21. The summed E-state index contributed by atoms with van der Waals surface area (Å²) in [7, 11) is 1.74. The van der Waals surface area contributed by atoms with Gasteiger partial charge < -0.3 is 4.90 Å². The van der Waals surface area contributed by atoms with Crippen molar-refractivity contribution in [3.8, 4) is 0 Å². The van der Waals surface area contributed by atoms with Crippen molar-refractivity contribution < 1.29 is 9.72 Å². The van der Waals surface area contributed by atoms with E-state index >= 15 is 0 Å². The summed E-state index contributed by atoms with van der Waals surface area (Å²) in [5.74, 6) is -0.110. The lowest BCUT2D eigenvalue weighted by atomic mass is 10.1. The number of nitrogens with zero attached hydrogens (tertiary/aromatic N) is 6. The van der Waals surface area contributed by atoms with Crippen molar-refractivity contribution in [3.05, 3.63) is 73.3 Å². The lowest BCUT2D eigenvalue weighted by molar-refractivity contribution is -0.386. The molecule has 0 fully saturated rings. The second kappa shape index (κ2) is 8.78. The molecule has 3 rings (SSSR count). The molecule has 10 heteroatoms. The lowest BCUT2D eigenvalue weighted by Gasteiger charge is -2.16. The third-order valence-electron chi connectivity index (χ3n) is 4.90. The van der Waals surface area contributed by atoms with Crippen LogP contribution in [0.1, 0.15) is 39.9 Å². The maximum Gasteiger partial charge on any atom is 0.312 e. The highest BCUT2D eigenvalue weighted by Gasteiger charge is 2.22. The highest BCUT2D eigenvalue weighted by molar-refractivity contribution is 9.10. The first kappa shape index (κ1) is 21.7. The van der Waals surface area contributed by atoms with Gasteiger partial charge in [0.2, 0.25) is 0 Å². The molecule has 0 spiro atoms. The molecule has 3 aromatic rings. The van der Waals surface area contributed by atoms with Crippen molar-refractivity contribution in [3.63, 3.8) is 0 Å². The van der Waals surface area contributed by atoms with Gasteiger partial charge in [0.1, 0.15) is 11.4 Å². The third kappa shape index (κ3) is 4.43. The van der Waals surface area contributed by atoms with Gasteiger partial charge in [0.05, 0.1) is 28.2 Å². The van der Waals surface area contributed by atoms with E-state index in [2.05, 4.69) is 26.1 Å². The van der Waals surface area contributed by atoms with E-state index in [-0.39, 0.29) is 11.6 Å². The summed E-state index contributed by atoms with van der Waals surface area (Å²) in [5, 5.41) is 19.9. The van der Waals surface area contributed by atoms with Crippen LogP contribution in [0.15, 0.2) is 34.9 Å². The summed E-state index contributed by atoms with van der Waals surface area (Å²) < 4.78 is 4.30. The lowest BCUT2D eigenvalue weighted by Crippen LogP contribution is -2.26. The minimum Gasteiger partial charge on any atom is -0.336 e. The molecule has 1 aromatic carbocycles. The van der Waals surface area contributed by atoms with Crippen molar-refractivity contribution in [2.45, 2.75) is 40.4 Å². The molecule has 0 saturated heterocycles. The Morgan fingerprint density at radius 2 is 1.90 bits per heavy atom. The zero-order chi connectivity index (χ0) is 22.0. The molecule has 0 saturated carbocycles. The molecule has 9 nitrogen and oxygen atoms in total. The number of halogens is 1. The van der Waals surface area contributed by atoms with Crippen LogP contribution < -0.4 is 0 Å². The Labute approximate surface area is 182 Å². The van der Waals surface area contributed by atoms with Crippen molar-refractivity contribution in [2.24, 2.45) is 0 Å². The molecule has 0 unspecified atom stereocenters. The SMILES string of the molecule is CCn1cc(Br)c(CN(C)C(=O)c2ccc(Cn3nc(C)c([N+](=O)[O-])c3C)cc2)n1. The Balaban J connectivity index is 1.70. The van der Waals surface area contributed by atoms with Gasteiger partial charge in [-0.1, -0.05) is 12.1 Å². The number of carbonyl (C=O) groups excluding carboxylic acids is 1. The molecule has 1 amide bonds. The van der Waals surface area contributed by atoms with Gasteiger partial charge in [-0.2, -0.15) is 10.2 Å². The molecule has 0 bridgehead atoms. The Morgan fingerprint density at radius 3 is 2.43 bits per heavy atom. The Kier molecular flexibility index (Phi) is 6.35. The van der Waals surface area contributed by atoms with Gasteiger partial charge in [0.15, 0.2) is 0 Å². The van der Waals surface area contributed by atoms with Crippen LogP contribution in [0.3, 0.4) is 0 Å². The van der Waals surface area contributed by atoms with Crippen LogP contribution >= 0.6 is 15.9 Å². The van der Waals surface area contributed by atoms with Crippen LogP contribution in [0.4, 0.5) is 5.69 Å². The van der Waals surface area contributed by atoms with E-state index in [4.69, 9.17) is 0 Å². The molecule has 0 radical (unpaired) electrons. The molecular weight excluding hydrogens is 452 g/mol. The zero-order valence-corrected chi connectivity index (χ0v) is 18.9. The van der Waals surface area contributed by atoms with Gasteiger partial charge in [-0.05, 0) is 54.4 Å². The maximum atomic E-state index is 12.8. The fourth-order valence-corrected chi connectivity index (χ4v) is 3.70. The predicted molar refractivity (Wildman–Crippen MR) is 115 cm³/mol. The molecule has 0 aliphatic rings. The number of hydrogen-bond donors (Lipinski definition) is 0. The molecule has 2 aromatic heterocycles. The minimum absolute atomic E-state index is 0.0418. The molecule has 2 heterocycles. The second-order valence-corrected chi connectivity index (χ2v) is 7.93. The number of amides is 1. The van der Waals surface area contributed by atoms with E-state index in [1.807, 2.05) is 29.9 Å². The molecule has 0 N–H and O–H groups in total. The van der Waals surface area contributed by atoms with Crippen LogP contribution in [-0.2, 0) is 19.6 Å². The summed E-state index contributed by atoms with van der Waals surface area (Å²) >= 11 is 3.48. The Bertz CT molecular complexity index is 1090. The van der Waals surface area contributed by atoms with Crippen LogP contribution in [0.2, 0.25) is 0 Å². The Hall–Kier alpha value is -3.01. The van der Waals surface area contributed by atoms with Gasteiger partial charge in [0, 0.05) is 25.4 Å². The quantitative estimate of drug-likeness (QED) is 0.383. The van der Waals surface area contributed by atoms with Crippen LogP contribution in [-0.4, -0.2) is 42.3 Å². The number of aryl methyl sites for hydroxylation is 2. The van der Waals surface area contributed by atoms with E-state index in [1.54, 1.807) is 42.6 Å². The molecular formula is C20H23BrN6O3. The van der Waals surface area contributed by atoms with Crippen molar-refractivity contribution in [2.75, 3.05) is 7.05 Å². The first-order valence-corrected chi connectivity index (χ1v) is 10.2. The van der Waals surface area contributed by atoms with Gasteiger partial charge in [-0.3, -0.25) is 24.3 Å². The molecule has 0 aliphatic heterocycles. The van der Waals surface area contributed by atoms with Crippen LogP contribution in [0, 0.1) is 24.0 Å². The number of rotatable bonds is 7. The third-order valence-corrected chi connectivity index (χ3v) is 5.57. The van der Waals surface area contributed by atoms with E-state index in [0.717, 1.165) is 22.3 Å². The van der Waals surface area contributed by atoms with Gasteiger partial charge in [-0.25, -0.2) is 0 Å². The summed E-state index contributed by atoms with van der Waals surface area (Å²) in [6, 6.07) is 7.19. The van der Waals surface area contributed by atoms with Crippen molar-refractivity contribution >= 4 is 27.5 Å². The number of aromatic nitrogens is 4. The average molecular weight is 475 g/mol. The van der Waals surface area contributed by atoms with Crippen molar-refractivity contribution in [1.82, 2.24) is 24.5 Å². The van der Waals surface area contributed by atoms with Crippen LogP contribution in [0.5, 0.6) is 0 Å². The first-order valence-electron chi connectivity index (χ1n) is 9.45.